The van der Waals surface area contributed by atoms with Crippen LogP contribution in [0.5, 0.6) is 0 Å². The predicted octanol–water partition coefficient (Wildman–Crippen LogP) is 1.83. The van der Waals surface area contributed by atoms with Crippen molar-refractivity contribution in [2.45, 2.75) is 32.7 Å². The Morgan fingerprint density at radius 1 is 1.25 bits per heavy atom. The number of hydrogen-bond acceptors (Lipinski definition) is 3. The summed E-state index contributed by atoms with van der Waals surface area (Å²) >= 11 is 0. The van der Waals surface area contributed by atoms with Crippen molar-refractivity contribution in [3.63, 3.8) is 0 Å². The summed E-state index contributed by atoms with van der Waals surface area (Å²) in [5.74, 6) is -0.902. The van der Waals surface area contributed by atoms with Crippen molar-refractivity contribution in [3.8, 4) is 0 Å². The molecule has 1 heterocycles. The highest BCUT2D eigenvalue weighted by Crippen LogP contribution is 2.22. The largest absolute Gasteiger partial charge is 0.350 e. The van der Waals surface area contributed by atoms with Crippen LogP contribution in [0.1, 0.15) is 57.8 Å². The van der Waals surface area contributed by atoms with Gasteiger partial charge in [-0.3, -0.25) is 19.3 Å². The Labute approximate surface area is 118 Å². The third-order valence-electron chi connectivity index (χ3n) is 3.45. The van der Waals surface area contributed by atoms with E-state index >= 15 is 0 Å². The SMILES string of the molecule is CCCC(C)NC(=O)c1ccc2c(c1)C(=O)N(C)C2=O. The van der Waals surface area contributed by atoms with Crippen molar-refractivity contribution in [1.29, 1.82) is 0 Å². The van der Waals surface area contributed by atoms with Gasteiger partial charge in [0.15, 0.2) is 0 Å². The summed E-state index contributed by atoms with van der Waals surface area (Å²) in [7, 11) is 1.44. The molecular formula is C15H18N2O3. The zero-order chi connectivity index (χ0) is 14.9. The molecule has 1 aromatic rings. The molecule has 5 nitrogen and oxygen atoms in total. The van der Waals surface area contributed by atoms with Crippen molar-refractivity contribution < 1.29 is 14.4 Å². The summed E-state index contributed by atoms with van der Waals surface area (Å²) in [6, 6.07) is 4.70. The van der Waals surface area contributed by atoms with Gasteiger partial charge in [0.1, 0.15) is 0 Å². The minimum Gasteiger partial charge on any atom is -0.350 e. The summed E-state index contributed by atoms with van der Waals surface area (Å²) in [6.45, 7) is 4.00. The molecule has 1 aliphatic rings. The van der Waals surface area contributed by atoms with E-state index in [-0.39, 0.29) is 23.8 Å². The lowest BCUT2D eigenvalue weighted by atomic mass is 10.0. The van der Waals surface area contributed by atoms with Crippen LogP contribution < -0.4 is 5.32 Å². The zero-order valence-corrected chi connectivity index (χ0v) is 11.9. The average molecular weight is 274 g/mol. The molecule has 1 N–H and O–H groups in total. The molecule has 1 atom stereocenters. The van der Waals surface area contributed by atoms with Crippen LogP contribution in [0, 0.1) is 0 Å². The first kappa shape index (κ1) is 14.2. The summed E-state index contributed by atoms with van der Waals surface area (Å²) < 4.78 is 0. The fourth-order valence-electron chi connectivity index (χ4n) is 2.31. The van der Waals surface area contributed by atoms with E-state index in [9.17, 15) is 14.4 Å². The number of rotatable bonds is 4. The summed E-state index contributed by atoms with van der Waals surface area (Å²) in [4.78, 5) is 36.8. The molecule has 0 bridgehead atoms. The molecule has 1 unspecified atom stereocenters. The Balaban J connectivity index is 2.23. The fraction of sp³-hybridized carbons (Fsp3) is 0.400. The van der Waals surface area contributed by atoms with Crippen LogP contribution in [0.3, 0.4) is 0 Å². The number of hydrogen-bond donors (Lipinski definition) is 1. The van der Waals surface area contributed by atoms with E-state index in [4.69, 9.17) is 0 Å². The summed E-state index contributed by atoms with van der Waals surface area (Å²) in [6.07, 6.45) is 1.89. The number of carbonyl (C=O) groups excluding carboxylic acids is 3. The van der Waals surface area contributed by atoms with Gasteiger partial charge in [0, 0.05) is 18.7 Å². The van der Waals surface area contributed by atoms with E-state index in [0.29, 0.717) is 16.7 Å². The molecule has 1 aromatic carbocycles. The third-order valence-corrected chi connectivity index (χ3v) is 3.45. The number of benzene rings is 1. The quantitative estimate of drug-likeness (QED) is 0.852. The molecule has 0 saturated heterocycles. The monoisotopic (exact) mass is 274 g/mol. The van der Waals surface area contributed by atoms with Crippen LogP contribution in [-0.2, 0) is 0 Å². The summed E-state index contributed by atoms with van der Waals surface area (Å²) in [5.41, 5.74) is 1.06. The van der Waals surface area contributed by atoms with E-state index < -0.39 is 0 Å². The Bertz CT molecular complexity index is 580. The minimum atomic E-state index is -0.360. The van der Waals surface area contributed by atoms with Gasteiger partial charge in [0.25, 0.3) is 17.7 Å². The molecule has 0 saturated carbocycles. The first-order valence-electron chi connectivity index (χ1n) is 6.73. The second-order valence-corrected chi connectivity index (χ2v) is 5.09. The Hall–Kier alpha value is -2.17. The number of nitrogens with one attached hydrogen (secondary N) is 1. The van der Waals surface area contributed by atoms with Crippen molar-refractivity contribution in [2.24, 2.45) is 0 Å². The number of fused-ring (bicyclic) bond motifs is 1. The standard InChI is InChI=1S/C15H18N2O3/c1-4-5-9(2)16-13(18)10-6-7-11-12(8-10)15(20)17(3)14(11)19/h6-9H,4-5H2,1-3H3,(H,16,18). The number of amides is 3. The van der Waals surface area contributed by atoms with Crippen molar-refractivity contribution in [2.75, 3.05) is 7.05 Å². The van der Waals surface area contributed by atoms with E-state index in [1.165, 1.54) is 13.1 Å². The normalized spacial score (nSPS) is 15.2. The van der Waals surface area contributed by atoms with Crippen molar-refractivity contribution in [1.82, 2.24) is 10.2 Å². The molecule has 0 radical (unpaired) electrons. The Morgan fingerprint density at radius 2 is 1.90 bits per heavy atom. The van der Waals surface area contributed by atoms with Crippen LogP contribution in [0.4, 0.5) is 0 Å². The molecule has 0 spiro atoms. The molecule has 0 fully saturated rings. The molecule has 20 heavy (non-hydrogen) atoms. The van der Waals surface area contributed by atoms with Gasteiger partial charge in [-0.05, 0) is 31.5 Å². The molecule has 3 amide bonds. The fourth-order valence-corrected chi connectivity index (χ4v) is 2.31. The van der Waals surface area contributed by atoms with Crippen LogP contribution >= 0.6 is 0 Å². The smallest absolute Gasteiger partial charge is 0.261 e. The maximum atomic E-state index is 12.1. The number of carbonyl (C=O) groups is 3. The van der Waals surface area contributed by atoms with E-state index in [1.54, 1.807) is 12.1 Å². The van der Waals surface area contributed by atoms with Crippen LogP contribution in [0.25, 0.3) is 0 Å². The lowest BCUT2D eigenvalue weighted by molar-refractivity contribution is 0.0693. The molecule has 2 rings (SSSR count). The predicted molar refractivity (Wildman–Crippen MR) is 74.7 cm³/mol. The van der Waals surface area contributed by atoms with Crippen molar-refractivity contribution in [3.05, 3.63) is 34.9 Å². The first-order chi connectivity index (χ1) is 9.45. The van der Waals surface area contributed by atoms with Gasteiger partial charge in [-0.2, -0.15) is 0 Å². The van der Waals surface area contributed by atoms with Gasteiger partial charge >= 0.3 is 0 Å². The maximum Gasteiger partial charge on any atom is 0.261 e. The van der Waals surface area contributed by atoms with E-state index in [1.807, 2.05) is 6.92 Å². The maximum absolute atomic E-state index is 12.1. The average Bonchev–Trinajstić information content (AvgIpc) is 2.64. The second kappa shape index (κ2) is 5.45. The highest BCUT2D eigenvalue weighted by molar-refractivity contribution is 6.21. The third kappa shape index (κ3) is 2.43. The van der Waals surface area contributed by atoms with E-state index in [0.717, 1.165) is 17.7 Å². The molecule has 0 aromatic heterocycles. The van der Waals surface area contributed by atoms with Gasteiger partial charge in [-0.15, -0.1) is 0 Å². The lowest BCUT2D eigenvalue weighted by Crippen LogP contribution is -2.32. The molecule has 106 valence electrons. The minimum absolute atomic E-state index is 0.0840. The molecular weight excluding hydrogens is 256 g/mol. The van der Waals surface area contributed by atoms with Gasteiger partial charge < -0.3 is 5.32 Å². The van der Waals surface area contributed by atoms with Gasteiger partial charge in [0.05, 0.1) is 11.1 Å². The first-order valence-corrected chi connectivity index (χ1v) is 6.73. The summed E-state index contributed by atoms with van der Waals surface area (Å²) in [5, 5.41) is 2.88. The van der Waals surface area contributed by atoms with E-state index in [2.05, 4.69) is 12.2 Å². The topological polar surface area (TPSA) is 66.5 Å². The molecule has 5 heteroatoms. The second-order valence-electron chi connectivity index (χ2n) is 5.09. The Morgan fingerprint density at radius 3 is 2.55 bits per heavy atom. The highest BCUT2D eigenvalue weighted by Gasteiger charge is 2.33. The lowest BCUT2D eigenvalue weighted by Gasteiger charge is -2.12. The Kier molecular flexibility index (Phi) is 3.88. The molecule has 0 aliphatic carbocycles. The number of nitrogens with zero attached hydrogens (tertiary/aromatic N) is 1. The van der Waals surface area contributed by atoms with Crippen molar-refractivity contribution >= 4 is 17.7 Å². The zero-order valence-electron chi connectivity index (χ0n) is 11.9. The molecule has 1 aliphatic heterocycles. The van der Waals surface area contributed by atoms with Gasteiger partial charge in [-0.1, -0.05) is 13.3 Å². The highest BCUT2D eigenvalue weighted by atomic mass is 16.2. The van der Waals surface area contributed by atoms with Crippen LogP contribution in [0.2, 0.25) is 0 Å². The van der Waals surface area contributed by atoms with Crippen LogP contribution in [-0.4, -0.2) is 35.7 Å². The van der Waals surface area contributed by atoms with Gasteiger partial charge in [-0.25, -0.2) is 0 Å². The van der Waals surface area contributed by atoms with Gasteiger partial charge in [0.2, 0.25) is 0 Å². The van der Waals surface area contributed by atoms with Crippen LogP contribution in [0.15, 0.2) is 18.2 Å². The number of imide groups is 1.